The Hall–Kier alpha value is -2.91. The largest absolute Gasteiger partial charge is 0.382 e. The van der Waals surface area contributed by atoms with Gasteiger partial charge < -0.3 is 5.73 Å². The molecule has 148 valence electrons. The van der Waals surface area contributed by atoms with Crippen molar-refractivity contribution in [2.75, 3.05) is 11.5 Å². The molecule has 3 heterocycles. The third-order valence-corrected chi connectivity index (χ3v) is 6.31. The number of nitrogens with zero attached hydrogens (tertiary/aromatic N) is 4. The summed E-state index contributed by atoms with van der Waals surface area (Å²) in [6, 6.07) is 11.5. The molecule has 0 unspecified atom stereocenters. The van der Waals surface area contributed by atoms with Gasteiger partial charge in [0.25, 0.3) is 11.5 Å². The fourth-order valence-electron chi connectivity index (χ4n) is 2.99. The molecule has 1 aromatic carbocycles. The van der Waals surface area contributed by atoms with E-state index >= 15 is 0 Å². The van der Waals surface area contributed by atoms with Gasteiger partial charge >= 0.3 is 0 Å². The highest BCUT2D eigenvalue weighted by atomic mass is 32.2. The fraction of sp³-hybridized carbons (Fsp3) is 0.200. The van der Waals surface area contributed by atoms with Gasteiger partial charge in [-0.05, 0) is 30.9 Å². The standard InChI is InChI=1S/C20H19N5O2S2/c1-12-3-5-14(6-4-12)10-24-19(27)18-15(7-8-28-18)22-20(24)29-11-17(26)25-13(2)9-16(21)23-25/h3-9H,10-11H2,1-2H3,(H2,21,23). The Labute approximate surface area is 175 Å². The molecule has 0 saturated heterocycles. The van der Waals surface area contributed by atoms with Crippen molar-refractivity contribution in [3.05, 3.63) is 69.0 Å². The predicted molar refractivity (Wildman–Crippen MR) is 117 cm³/mol. The molecular formula is C20H19N5O2S2. The minimum absolute atomic E-state index is 0.0952. The minimum atomic E-state index is -0.217. The van der Waals surface area contributed by atoms with Crippen LogP contribution in [0.2, 0.25) is 0 Å². The Kier molecular flexibility index (Phi) is 5.25. The molecule has 0 spiro atoms. The predicted octanol–water partition coefficient (Wildman–Crippen LogP) is 3.33. The number of aryl methyl sites for hydroxylation is 2. The number of aromatic nitrogens is 4. The van der Waals surface area contributed by atoms with Gasteiger partial charge in [-0.3, -0.25) is 14.2 Å². The second-order valence-corrected chi connectivity index (χ2v) is 8.57. The number of carbonyl (C=O) groups is 1. The quantitative estimate of drug-likeness (QED) is 0.389. The smallest absolute Gasteiger partial charge is 0.272 e. The van der Waals surface area contributed by atoms with Crippen LogP contribution in [0.3, 0.4) is 0 Å². The first-order valence-electron chi connectivity index (χ1n) is 8.94. The van der Waals surface area contributed by atoms with Gasteiger partial charge in [0, 0.05) is 11.8 Å². The number of thioether (sulfide) groups is 1. The summed E-state index contributed by atoms with van der Waals surface area (Å²) >= 11 is 2.60. The number of benzene rings is 1. The van der Waals surface area contributed by atoms with Crippen LogP contribution >= 0.6 is 23.1 Å². The first kappa shape index (κ1) is 19.4. The summed E-state index contributed by atoms with van der Waals surface area (Å²) in [7, 11) is 0. The lowest BCUT2D eigenvalue weighted by Gasteiger charge is -2.12. The molecule has 4 aromatic rings. The molecule has 0 aliphatic rings. The zero-order chi connectivity index (χ0) is 20.5. The van der Waals surface area contributed by atoms with Crippen molar-refractivity contribution < 1.29 is 4.79 Å². The second kappa shape index (κ2) is 7.84. The Morgan fingerprint density at radius 2 is 1.97 bits per heavy atom. The molecule has 0 saturated carbocycles. The maximum Gasteiger partial charge on any atom is 0.272 e. The van der Waals surface area contributed by atoms with E-state index < -0.39 is 0 Å². The lowest BCUT2D eigenvalue weighted by atomic mass is 10.1. The molecule has 0 aliphatic heterocycles. The molecule has 4 rings (SSSR count). The maximum absolute atomic E-state index is 13.1. The molecule has 0 bridgehead atoms. The number of hydrogen-bond acceptors (Lipinski definition) is 7. The van der Waals surface area contributed by atoms with Crippen molar-refractivity contribution in [2.24, 2.45) is 0 Å². The molecule has 0 atom stereocenters. The van der Waals surface area contributed by atoms with E-state index in [4.69, 9.17) is 5.73 Å². The van der Waals surface area contributed by atoms with Gasteiger partial charge in [-0.25, -0.2) is 9.67 Å². The fourth-order valence-corrected chi connectivity index (χ4v) is 4.61. The van der Waals surface area contributed by atoms with Crippen molar-refractivity contribution in [2.45, 2.75) is 25.5 Å². The van der Waals surface area contributed by atoms with E-state index in [1.807, 2.05) is 42.6 Å². The van der Waals surface area contributed by atoms with E-state index in [1.54, 1.807) is 17.6 Å². The molecular weight excluding hydrogens is 406 g/mol. The van der Waals surface area contributed by atoms with Crippen LogP contribution in [-0.2, 0) is 6.54 Å². The Bertz CT molecular complexity index is 1250. The van der Waals surface area contributed by atoms with Crippen molar-refractivity contribution in [3.8, 4) is 0 Å². The molecule has 2 N–H and O–H groups in total. The SMILES string of the molecule is Cc1ccc(Cn2c(SCC(=O)n3nc(N)cc3C)nc3ccsc3c2=O)cc1. The van der Waals surface area contributed by atoms with Crippen LogP contribution in [0.15, 0.2) is 51.7 Å². The van der Waals surface area contributed by atoms with Gasteiger partial charge in [0.15, 0.2) is 5.16 Å². The van der Waals surface area contributed by atoms with E-state index in [-0.39, 0.29) is 17.2 Å². The van der Waals surface area contributed by atoms with E-state index in [1.165, 1.54) is 27.8 Å². The van der Waals surface area contributed by atoms with Crippen molar-refractivity contribution in [1.29, 1.82) is 0 Å². The maximum atomic E-state index is 13.1. The number of hydrogen-bond donors (Lipinski definition) is 1. The highest BCUT2D eigenvalue weighted by molar-refractivity contribution is 7.99. The van der Waals surface area contributed by atoms with Gasteiger partial charge in [0.05, 0.1) is 17.8 Å². The van der Waals surface area contributed by atoms with Gasteiger partial charge in [-0.15, -0.1) is 16.4 Å². The number of carbonyl (C=O) groups excluding carboxylic acids is 1. The third kappa shape index (κ3) is 3.96. The number of nitrogen functional groups attached to an aromatic ring is 1. The first-order chi connectivity index (χ1) is 13.9. The molecule has 0 amide bonds. The number of nitrogens with two attached hydrogens (primary N) is 1. The van der Waals surface area contributed by atoms with Crippen molar-refractivity contribution >= 4 is 45.0 Å². The summed E-state index contributed by atoms with van der Waals surface area (Å²) in [5.41, 5.74) is 9.04. The molecule has 0 fully saturated rings. The molecule has 3 aromatic heterocycles. The van der Waals surface area contributed by atoms with Crippen LogP contribution in [0.5, 0.6) is 0 Å². The normalized spacial score (nSPS) is 11.2. The zero-order valence-corrected chi connectivity index (χ0v) is 17.6. The summed E-state index contributed by atoms with van der Waals surface area (Å²) in [5, 5.41) is 6.38. The molecule has 29 heavy (non-hydrogen) atoms. The van der Waals surface area contributed by atoms with Crippen LogP contribution in [0.4, 0.5) is 5.82 Å². The van der Waals surface area contributed by atoms with Gasteiger partial charge in [-0.2, -0.15) is 0 Å². The van der Waals surface area contributed by atoms with E-state index in [9.17, 15) is 9.59 Å². The highest BCUT2D eigenvalue weighted by Gasteiger charge is 2.16. The summed E-state index contributed by atoms with van der Waals surface area (Å²) in [6.45, 7) is 4.19. The number of rotatable bonds is 5. The van der Waals surface area contributed by atoms with Crippen molar-refractivity contribution in [1.82, 2.24) is 19.3 Å². The lowest BCUT2D eigenvalue weighted by molar-refractivity contribution is 0.0924. The molecule has 9 heteroatoms. The van der Waals surface area contributed by atoms with Gasteiger partial charge in [-0.1, -0.05) is 41.6 Å². The number of thiophene rings is 1. The Balaban J connectivity index is 1.67. The van der Waals surface area contributed by atoms with E-state index in [0.29, 0.717) is 33.4 Å². The van der Waals surface area contributed by atoms with Crippen molar-refractivity contribution in [3.63, 3.8) is 0 Å². The summed E-state index contributed by atoms with van der Waals surface area (Å²) in [4.78, 5) is 30.3. The van der Waals surface area contributed by atoms with Crippen LogP contribution in [0.25, 0.3) is 10.2 Å². The Morgan fingerprint density at radius 1 is 1.21 bits per heavy atom. The Morgan fingerprint density at radius 3 is 2.66 bits per heavy atom. The summed E-state index contributed by atoms with van der Waals surface area (Å²) in [6.07, 6.45) is 0. The first-order valence-corrected chi connectivity index (χ1v) is 10.8. The van der Waals surface area contributed by atoms with Crippen LogP contribution in [0, 0.1) is 13.8 Å². The summed E-state index contributed by atoms with van der Waals surface area (Å²) in [5.74, 6) is 0.179. The van der Waals surface area contributed by atoms with E-state index in [0.717, 1.165) is 11.1 Å². The molecule has 0 aliphatic carbocycles. The number of anilines is 1. The van der Waals surface area contributed by atoms with Crippen LogP contribution < -0.4 is 11.3 Å². The monoisotopic (exact) mass is 425 g/mol. The van der Waals surface area contributed by atoms with E-state index in [2.05, 4.69) is 10.1 Å². The zero-order valence-electron chi connectivity index (χ0n) is 16.0. The topological polar surface area (TPSA) is 95.8 Å². The van der Waals surface area contributed by atoms with Gasteiger partial charge in [0.2, 0.25) is 0 Å². The summed E-state index contributed by atoms with van der Waals surface area (Å²) < 4.78 is 3.53. The molecule has 7 nitrogen and oxygen atoms in total. The molecule has 0 radical (unpaired) electrons. The minimum Gasteiger partial charge on any atom is -0.382 e. The van der Waals surface area contributed by atoms with Gasteiger partial charge in [0.1, 0.15) is 10.5 Å². The number of fused-ring (bicyclic) bond motifs is 1. The highest BCUT2D eigenvalue weighted by Crippen LogP contribution is 2.22. The van der Waals surface area contributed by atoms with Crippen LogP contribution in [0.1, 0.15) is 21.6 Å². The average molecular weight is 426 g/mol. The third-order valence-electron chi connectivity index (χ3n) is 4.46. The second-order valence-electron chi connectivity index (χ2n) is 6.71. The van der Waals surface area contributed by atoms with Crippen LogP contribution in [-0.4, -0.2) is 31.0 Å². The average Bonchev–Trinajstić information content (AvgIpc) is 3.30. The lowest BCUT2D eigenvalue weighted by Crippen LogP contribution is -2.24.